The monoisotopic (exact) mass is 340 g/mol. The molecule has 0 spiro atoms. The molecule has 3 rings (SSSR count). The minimum Gasteiger partial charge on any atom is -0.392 e. The zero-order valence-corrected chi connectivity index (χ0v) is 12.8. The molecule has 1 fully saturated rings. The second-order valence-electron chi connectivity index (χ2n) is 5.55. The summed E-state index contributed by atoms with van der Waals surface area (Å²) in [5.74, 6) is -1.05. The average molecular weight is 340 g/mol. The van der Waals surface area contributed by atoms with Gasteiger partial charge < -0.3 is 5.11 Å². The van der Waals surface area contributed by atoms with Crippen LogP contribution in [0.25, 0.3) is 0 Å². The van der Waals surface area contributed by atoms with Crippen molar-refractivity contribution in [3.63, 3.8) is 0 Å². The van der Waals surface area contributed by atoms with Crippen molar-refractivity contribution in [3.8, 4) is 0 Å². The molecule has 1 aliphatic heterocycles. The van der Waals surface area contributed by atoms with Crippen LogP contribution in [0.1, 0.15) is 23.6 Å². The number of hydrogen-bond acceptors (Lipinski definition) is 5. The van der Waals surface area contributed by atoms with Crippen molar-refractivity contribution in [3.05, 3.63) is 62.5 Å². The molecule has 1 aromatic carbocycles. The summed E-state index contributed by atoms with van der Waals surface area (Å²) in [5, 5.41) is 22.3. The fourth-order valence-corrected chi connectivity index (χ4v) is 3.64. The van der Waals surface area contributed by atoms with Crippen LogP contribution in [0, 0.1) is 21.7 Å². The van der Waals surface area contributed by atoms with E-state index < -0.39 is 28.7 Å². The first-order chi connectivity index (χ1) is 10.9. The molecule has 0 radical (unpaired) electrons. The van der Waals surface area contributed by atoms with E-state index >= 15 is 0 Å². The van der Waals surface area contributed by atoms with E-state index in [0.29, 0.717) is 19.5 Å². The Balaban J connectivity index is 1.84. The highest BCUT2D eigenvalue weighted by Gasteiger charge is 2.34. The lowest BCUT2D eigenvalue weighted by molar-refractivity contribution is -0.380. The van der Waals surface area contributed by atoms with E-state index in [1.165, 1.54) is 6.07 Å². The standard InChI is InChI=1S/C15H14F2N2O3S/c16-10-1-2-13(17)12(4-10)14-5-11(20)7-18(14)6-9-3-15(19(21)22)23-8-9/h1-4,8,11,14,20H,5-7H2. The SMILES string of the molecule is O=[N+]([O-])c1cc(CN2CC(O)CC2c2cc(F)ccc2F)cs1. The van der Waals surface area contributed by atoms with Crippen LogP contribution in [0.5, 0.6) is 0 Å². The largest absolute Gasteiger partial charge is 0.392 e. The Bertz CT molecular complexity index is 737. The minimum atomic E-state index is -0.642. The zero-order chi connectivity index (χ0) is 16.6. The van der Waals surface area contributed by atoms with Gasteiger partial charge in [-0.2, -0.15) is 0 Å². The second-order valence-corrected chi connectivity index (χ2v) is 6.44. The molecule has 5 nitrogen and oxygen atoms in total. The van der Waals surface area contributed by atoms with Gasteiger partial charge in [0.2, 0.25) is 0 Å². The Hall–Kier alpha value is -1.90. The molecule has 2 heterocycles. The van der Waals surface area contributed by atoms with Gasteiger partial charge in [0.25, 0.3) is 0 Å². The van der Waals surface area contributed by atoms with Crippen LogP contribution in [0.3, 0.4) is 0 Å². The van der Waals surface area contributed by atoms with Crippen LogP contribution >= 0.6 is 11.3 Å². The number of aliphatic hydroxyl groups is 1. The Morgan fingerprint density at radius 2 is 2.17 bits per heavy atom. The van der Waals surface area contributed by atoms with Gasteiger partial charge >= 0.3 is 5.00 Å². The molecule has 8 heteroatoms. The maximum absolute atomic E-state index is 14.0. The number of likely N-dealkylation sites (tertiary alicyclic amines) is 1. The number of nitro groups is 1. The second kappa shape index (κ2) is 6.31. The molecular weight excluding hydrogens is 326 g/mol. The van der Waals surface area contributed by atoms with Crippen molar-refractivity contribution in [1.82, 2.24) is 4.90 Å². The Morgan fingerprint density at radius 1 is 1.39 bits per heavy atom. The van der Waals surface area contributed by atoms with Crippen molar-refractivity contribution in [2.45, 2.75) is 25.1 Å². The number of nitrogens with zero attached hydrogens (tertiary/aromatic N) is 2. The lowest BCUT2D eigenvalue weighted by Crippen LogP contribution is -2.24. The summed E-state index contributed by atoms with van der Waals surface area (Å²) >= 11 is 1.02. The highest BCUT2D eigenvalue weighted by atomic mass is 32.1. The smallest absolute Gasteiger partial charge is 0.324 e. The number of thiophene rings is 1. The summed E-state index contributed by atoms with van der Waals surface area (Å²) in [4.78, 5) is 12.1. The molecule has 1 aliphatic rings. The normalized spacial score (nSPS) is 21.7. The Labute approximate surface area is 134 Å². The van der Waals surface area contributed by atoms with E-state index in [9.17, 15) is 24.0 Å². The maximum Gasteiger partial charge on any atom is 0.324 e. The van der Waals surface area contributed by atoms with Gasteiger partial charge in [0.15, 0.2) is 0 Å². The summed E-state index contributed by atoms with van der Waals surface area (Å²) in [6.45, 7) is 0.645. The van der Waals surface area contributed by atoms with E-state index in [-0.39, 0.29) is 10.6 Å². The summed E-state index contributed by atoms with van der Waals surface area (Å²) < 4.78 is 27.4. The predicted molar refractivity (Wildman–Crippen MR) is 81.1 cm³/mol. The molecule has 0 amide bonds. The molecule has 2 unspecified atom stereocenters. The third-order valence-electron chi connectivity index (χ3n) is 3.90. The number of hydrogen-bond donors (Lipinski definition) is 1. The van der Waals surface area contributed by atoms with Crippen LogP contribution < -0.4 is 0 Å². The van der Waals surface area contributed by atoms with Crippen LogP contribution in [0.2, 0.25) is 0 Å². The van der Waals surface area contributed by atoms with E-state index in [1.54, 1.807) is 5.38 Å². The van der Waals surface area contributed by atoms with Gasteiger partial charge in [0.1, 0.15) is 11.6 Å². The highest BCUT2D eigenvalue weighted by molar-refractivity contribution is 7.13. The third-order valence-corrected chi connectivity index (χ3v) is 4.83. The van der Waals surface area contributed by atoms with E-state index in [4.69, 9.17) is 0 Å². The van der Waals surface area contributed by atoms with Crippen LogP contribution in [0.15, 0.2) is 29.6 Å². The Morgan fingerprint density at radius 3 is 2.87 bits per heavy atom. The summed E-state index contributed by atoms with van der Waals surface area (Å²) in [7, 11) is 0. The molecular formula is C15H14F2N2O3S. The third kappa shape index (κ3) is 3.39. The lowest BCUT2D eigenvalue weighted by Gasteiger charge is -2.24. The van der Waals surface area contributed by atoms with Gasteiger partial charge in [0.05, 0.1) is 11.0 Å². The first kappa shape index (κ1) is 16.0. The van der Waals surface area contributed by atoms with E-state index in [0.717, 1.165) is 35.1 Å². The van der Waals surface area contributed by atoms with Crippen molar-refractivity contribution in [2.75, 3.05) is 6.54 Å². The molecule has 23 heavy (non-hydrogen) atoms. The van der Waals surface area contributed by atoms with Gasteiger partial charge in [-0.25, -0.2) is 8.78 Å². The highest BCUT2D eigenvalue weighted by Crippen LogP contribution is 2.36. The van der Waals surface area contributed by atoms with Gasteiger partial charge in [-0.15, -0.1) is 0 Å². The fraction of sp³-hybridized carbons (Fsp3) is 0.333. The molecule has 0 aliphatic carbocycles. The van der Waals surface area contributed by atoms with Gasteiger partial charge in [-0.05, 0) is 30.2 Å². The molecule has 122 valence electrons. The molecule has 0 saturated carbocycles. The molecule has 1 saturated heterocycles. The maximum atomic E-state index is 14.0. The average Bonchev–Trinajstić information content (AvgIpc) is 3.09. The van der Waals surface area contributed by atoms with Crippen molar-refractivity contribution in [2.24, 2.45) is 0 Å². The van der Waals surface area contributed by atoms with Crippen molar-refractivity contribution >= 4 is 16.3 Å². The molecule has 1 aromatic heterocycles. The van der Waals surface area contributed by atoms with E-state index in [2.05, 4.69) is 0 Å². The zero-order valence-electron chi connectivity index (χ0n) is 12.0. The quantitative estimate of drug-likeness (QED) is 0.685. The van der Waals surface area contributed by atoms with Crippen molar-refractivity contribution < 1.29 is 18.8 Å². The topological polar surface area (TPSA) is 66.6 Å². The van der Waals surface area contributed by atoms with E-state index in [1.807, 2.05) is 4.90 Å². The summed E-state index contributed by atoms with van der Waals surface area (Å²) in [6.07, 6.45) is -0.344. The summed E-state index contributed by atoms with van der Waals surface area (Å²) in [5.41, 5.74) is 0.920. The van der Waals surface area contributed by atoms with Crippen LogP contribution in [-0.4, -0.2) is 27.6 Å². The van der Waals surface area contributed by atoms with Gasteiger partial charge in [-0.1, -0.05) is 11.3 Å². The van der Waals surface area contributed by atoms with Gasteiger partial charge in [-0.3, -0.25) is 15.0 Å². The molecule has 1 N–H and O–H groups in total. The molecule has 2 atom stereocenters. The summed E-state index contributed by atoms with van der Waals surface area (Å²) in [6, 6.07) is 4.27. The molecule has 2 aromatic rings. The first-order valence-electron chi connectivity index (χ1n) is 7.03. The number of rotatable bonds is 4. The number of halogens is 2. The van der Waals surface area contributed by atoms with Gasteiger partial charge in [0, 0.05) is 36.1 Å². The fourth-order valence-electron chi connectivity index (χ4n) is 2.92. The number of β-amino-alcohol motifs (C(OH)–C–C–N with tert-alkyl or cyclic N) is 1. The first-order valence-corrected chi connectivity index (χ1v) is 7.91. The van der Waals surface area contributed by atoms with Crippen LogP contribution in [-0.2, 0) is 6.54 Å². The number of aliphatic hydroxyl groups excluding tert-OH is 1. The lowest BCUT2D eigenvalue weighted by atomic mass is 10.0. The number of benzene rings is 1. The molecule has 0 bridgehead atoms. The predicted octanol–water partition coefficient (Wildman–Crippen LogP) is 3.24. The minimum absolute atomic E-state index is 0.0354. The van der Waals surface area contributed by atoms with Crippen molar-refractivity contribution in [1.29, 1.82) is 0 Å². The Kier molecular flexibility index (Phi) is 4.38. The van der Waals surface area contributed by atoms with Crippen LogP contribution in [0.4, 0.5) is 13.8 Å².